The number of rotatable bonds is 7. The zero-order valence-electron chi connectivity index (χ0n) is 20.3. The molecule has 0 saturated carbocycles. The maximum atomic E-state index is 13.6. The smallest absolute Gasteiger partial charge is 0.229 e. The molecule has 4 rings (SSSR count). The number of nitrogens with one attached hydrogen (secondary N) is 1. The number of methoxy groups -OCH3 is 3. The summed E-state index contributed by atoms with van der Waals surface area (Å²) in [4.78, 5) is 32.7. The van der Waals surface area contributed by atoms with Crippen LogP contribution in [0.25, 0.3) is 0 Å². The fourth-order valence-electron chi connectivity index (χ4n) is 4.40. The second-order valence-electron chi connectivity index (χ2n) is 8.38. The SMILES string of the molecule is COc1ccc(NC(=O)C2CCC(=O)N(c3ccc(C)cc3)C2c2ccc(OC)c(OC)c2)cn1. The Morgan fingerprint density at radius 2 is 1.71 bits per heavy atom. The van der Waals surface area contributed by atoms with Crippen LogP contribution in [0.4, 0.5) is 11.4 Å². The van der Waals surface area contributed by atoms with Crippen molar-refractivity contribution in [2.24, 2.45) is 5.92 Å². The van der Waals surface area contributed by atoms with Crippen LogP contribution < -0.4 is 24.4 Å². The quantitative estimate of drug-likeness (QED) is 0.540. The van der Waals surface area contributed by atoms with Crippen molar-refractivity contribution in [1.29, 1.82) is 0 Å². The number of amides is 2. The number of benzene rings is 2. The van der Waals surface area contributed by atoms with E-state index in [1.165, 1.54) is 7.11 Å². The topological polar surface area (TPSA) is 90.0 Å². The van der Waals surface area contributed by atoms with Crippen molar-refractivity contribution in [2.75, 3.05) is 31.5 Å². The summed E-state index contributed by atoms with van der Waals surface area (Å²) in [5.41, 5.74) is 3.16. The number of pyridine rings is 1. The van der Waals surface area contributed by atoms with E-state index in [1.54, 1.807) is 43.5 Å². The number of anilines is 2. The molecule has 0 radical (unpaired) electrons. The summed E-state index contributed by atoms with van der Waals surface area (Å²) in [6.45, 7) is 1.99. The minimum absolute atomic E-state index is 0.0381. The van der Waals surface area contributed by atoms with E-state index >= 15 is 0 Å². The van der Waals surface area contributed by atoms with Gasteiger partial charge in [-0.1, -0.05) is 23.8 Å². The third-order valence-corrected chi connectivity index (χ3v) is 6.21. The van der Waals surface area contributed by atoms with Gasteiger partial charge in [0.15, 0.2) is 11.5 Å². The van der Waals surface area contributed by atoms with Crippen molar-refractivity contribution in [2.45, 2.75) is 25.8 Å². The highest BCUT2D eigenvalue weighted by Gasteiger charge is 2.41. The van der Waals surface area contributed by atoms with Crippen molar-refractivity contribution in [3.05, 3.63) is 71.9 Å². The molecule has 8 nitrogen and oxygen atoms in total. The van der Waals surface area contributed by atoms with Crippen LogP contribution in [0.15, 0.2) is 60.8 Å². The van der Waals surface area contributed by atoms with Gasteiger partial charge in [-0.25, -0.2) is 4.98 Å². The highest BCUT2D eigenvalue weighted by molar-refractivity contribution is 6.00. The van der Waals surface area contributed by atoms with Gasteiger partial charge in [0.25, 0.3) is 0 Å². The molecule has 182 valence electrons. The molecule has 0 aliphatic carbocycles. The number of aromatic nitrogens is 1. The first-order valence-electron chi connectivity index (χ1n) is 11.4. The normalized spacial score (nSPS) is 17.6. The van der Waals surface area contributed by atoms with Crippen LogP contribution in [0.5, 0.6) is 17.4 Å². The van der Waals surface area contributed by atoms with Crippen LogP contribution in [-0.2, 0) is 9.59 Å². The van der Waals surface area contributed by atoms with E-state index in [0.717, 1.165) is 16.8 Å². The van der Waals surface area contributed by atoms with Gasteiger partial charge >= 0.3 is 0 Å². The van der Waals surface area contributed by atoms with Crippen LogP contribution in [-0.4, -0.2) is 38.1 Å². The van der Waals surface area contributed by atoms with E-state index in [4.69, 9.17) is 14.2 Å². The summed E-state index contributed by atoms with van der Waals surface area (Å²) < 4.78 is 16.0. The summed E-state index contributed by atoms with van der Waals surface area (Å²) in [7, 11) is 4.67. The van der Waals surface area contributed by atoms with Gasteiger partial charge in [-0.15, -0.1) is 0 Å². The third-order valence-electron chi connectivity index (χ3n) is 6.21. The highest BCUT2D eigenvalue weighted by Crippen LogP contribution is 2.42. The van der Waals surface area contributed by atoms with Gasteiger partial charge in [-0.05, 0) is 49.2 Å². The molecule has 0 bridgehead atoms. The summed E-state index contributed by atoms with van der Waals surface area (Å²) >= 11 is 0. The number of piperidine rings is 1. The standard InChI is InChI=1S/C27H29N3O5/c1-17-5-9-20(10-6-17)30-25(31)14-11-21(27(32)29-19-8-13-24(35-4)28-16-19)26(30)18-7-12-22(33-2)23(15-18)34-3/h5-10,12-13,15-16,21,26H,11,14H2,1-4H3,(H,29,32). The first-order chi connectivity index (χ1) is 16.9. The lowest BCUT2D eigenvalue weighted by molar-refractivity contribution is -0.125. The summed E-state index contributed by atoms with van der Waals surface area (Å²) in [5.74, 6) is 0.829. The maximum Gasteiger partial charge on any atom is 0.229 e. The van der Waals surface area contributed by atoms with Crippen molar-refractivity contribution >= 4 is 23.2 Å². The molecule has 1 N–H and O–H groups in total. The molecular formula is C27H29N3O5. The lowest BCUT2D eigenvalue weighted by Gasteiger charge is -2.41. The number of hydrogen-bond acceptors (Lipinski definition) is 6. The molecule has 8 heteroatoms. The van der Waals surface area contributed by atoms with Crippen molar-refractivity contribution in [3.8, 4) is 17.4 Å². The molecule has 3 aromatic rings. The van der Waals surface area contributed by atoms with Crippen molar-refractivity contribution in [1.82, 2.24) is 4.98 Å². The van der Waals surface area contributed by atoms with Gasteiger partial charge in [0.2, 0.25) is 17.7 Å². The lowest BCUT2D eigenvalue weighted by atomic mass is 9.83. The van der Waals surface area contributed by atoms with Gasteiger partial charge in [-0.2, -0.15) is 0 Å². The number of hydrogen-bond donors (Lipinski definition) is 1. The zero-order chi connectivity index (χ0) is 24.9. The summed E-state index contributed by atoms with van der Waals surface area (Å²) in [6.07, 6.45) is 2.22. The predicted octanol–water partition coefficient (Wildman–Crippen LogP) is 4.54. The molecule has 35 heavy (non-hydrogen) atoms. The predicted molar refractivity (Wildman–Crippen MR) is 133 cm³/mol. The monoisotopic (exact) mass is 475 g/mol. The van der Waals surface area contributed by atoms with E-state index < -0.39 is 12.0 Å². The number of aryl methyl sites for hydroxylation is 1. The van der Waals surface area contributed by atoms with Crippen LogP contribution in [0.3, 0.4) is 0 Å². The Kier molecular flexibility index (Phi) is 7.19. The van der Waals surface area contributed by atoms with Crippen LogP contribution in [0, 0.1) is 12.8 Å². The second kappa shape index (κ2) is 10.5. The van der Waals surface area contributed by atoms with E-state index in [9.17, 15) is 9.59 Å². The van der Waals surface area contributed by atoms with Gasteiger partial charge in [0, 0.05) is 18.2 Å². The Hall–Kier alpha value is -4.07. The van der Waals surface area contributed by atoms with Gasteiger partial charge in [-0.3, -0.25) is 9.59 Å². The average molecular weight is 476 g/mol. The minimum atomic E-state index is -0.537. The van der Waals surface area contributed by atoms with Gasteiger partial charge in [0.05, 0.1) is 45.2 Å². The van der Waals surface area contributed by atoms with Crippen molar-refractivity contribution in [3.63, 3.8) is 0 Å². The fourth-order valence-corrected chi connectivity index (χ4v) is 4.40. The lowest BCUT2D eigenvalue weighted by Crippen LogP contribution is -2.47. The Balaban J connectivity index is 1.75. The molecule has 2 heterocycles. The number of carbonyl (C=O) groups excluding carboxylic acids is 2. The average Bonchev–Trinajstić information content (AvgIpc) is 2.89. The molecule has 2 atom stereocenters. The highest BCUT2D eigenvalue weighted by atomic mass is 16.5. The molecule has 2 amide bonds. The van der Waals surface area contributed by atoms with E-state index in [0.29, 0.717) is 29.5 Å². The molecule has 2 unspecified atom stereocenters. The molecule has 0 spiro atoms. The number of ether oxygens (including phenoxy) is 3. The van der Waals surface area contributed by atoms with E-state index in [2.05, 4.69) is 10.3 Å². The molecule has 1 saturated heterocycles. The van der Waals surface area contributed by atoms with Crippen LogP contribution >= 0.6 is 0 Å². The largest absolute Gasteiger partial charge is 0.493 e. The molecule has 1 aliphatic heterocycles. The molecule has 1 aliphatic rings. The zero-order valence-corrected chi connectivity index (χ0v) is 20.3. The Labute approximate surface area is 204 Å². The van der Waals surface area contributed by atoms with Gasteiger partial charge in [0.1, 0.15) is 0 Å². The first kappa shape index (κ1) is 24.1. The van der Waals surface area contributed by atoms with Crippen molar-refractivity contribution < 1.29 is 23.8 Å². The van der Waals surface area contributed by atoms with E-state index in [1.807, 2.05) is 43.3 Å². The molecule has 1 aromatic heterocycles. The Bertz CT molecular complexity index is 1190. The van der Waals surface area contributed by atoms with Gasteiger partial charge < -0.3 is 24.4 Å². The fraction of sp³-hybridized carbons (Fsp3) is 0.296. The number of carbonyl (C=O) groups is 2. The Morgan fingerprint density at radius 1 is 0.971 bits per heavy atom. The first-order valence-corrected chi connectivity index (χ1v) is 11.4. The molecular weight excluding hydrogens is 446 g/mol. The maximum absolute atomic E-state index is 13.6. The van der Waals surface area contributed by atoms with E-state index in [-0.39, 0.29) is 18.2 Å². The number of nitrogens with zero attached hydrogens (tertiary/aromatic N) is 2. The summed E-state index contributed by atoms with van der Waals surface area (Å²) in [5, 5.41) is 2.96. The van der Waals surface area contributed by atoms with Crippen LogP contribution in [0.2, 0.25) is 0 Å². The second-order valence-corrected chi connectivity index (χ2v) is 8.38. The summed E-state index contributed by atoms with van der Waals surface area (Å²) in [6, 6.07) is 16.1. The molecule has 1 fully saturated rings. The Morgan fingerprint density at radius 3 is 2.34 bits per heavy atom. The molecule has 2 aromatic carbocycles. The minimum Gasteiger partial charge on any atom is -0.493 e. The van der Waals surface area contributed by atoms with Crippen LogP contribution in [0.1, 0.15) is 30.0 Å². The third kappa shape index (κ3) is 5.06.